The fourth-order valence-electron chi connectivity index (χ4n) is 3.80. The van der Waals surface area contributed by atoms with Gasteiger partial charge in [-0.15, -0.1) is 11.3 Å². The highest BCUT2D eigenvalue weighted by molar-refractivity contribution is 8.00. The summed E-state index contributed by atoms with van der Waals surface area (Å²) in [4.78, 5) is 33.9. The first kappa shape index (κ1) is 20.2. The van der Waals surface area contributed by atoms with Crippen molar-refractivity contribution in [2.75, 3.05) is 0 Å². The number of fused-ring (bicyclic) bond motifs is 3. The van der Waals surface area contributed by atoms with E-state index in [2.05, 4.69) is 16.9 Å². The molecule has 3 aromatic rings. The summed E-state index contributed by atoms with van der Waals surface area (Å²) in [5.41, 5.74) is 3.29. The number of hydrogen-bond acceptors (Lipinski definition) is 5. The Kier molecular flexibility index (Phi) is 5.79. The van der Waals surface area contributed by atoms with Crippen molar-refractivity contribution < 1.29 is 9.90 Å². The second-order valence-corrected chi connectivity index (χ2v) is 10.1. The molecule has 29 heavy (non-hydrogen) atoms. The van der Waals surface area contributed by atoms with Gasteiger partial charge in [-0.2, -0.15) is 0 Å². The summed E-state index contributed by atoms with van der Waals surface area (Å²) in [6.07, 6.45) is 4.15. The van der Waals surface area contributed by atoms with Crippen LogP contribution in [0.1, 0.15) is 41.3 Å². The molecule has 0 bridgehead atoms. The fourth-order valence-corrected chi connectivity index (χ4v) is 6.15. The Bertz CT molecular complexity index is 1100. The van der Waals surface area contributed by atoms with E-state index in [9.17, 15) is 14.7 Å². The lowest BCUT2D eigenvalue weighted by Gasteiger charge is -2.17. The predicted molar refractivity (Wildman–Crippen MR) is 118 cm³/mol. The van der Waals surface area contributed by atoms with Crippen LogP contribution in [0.5, 0.6) is 0 Å². The molecule has 152 valence electrons. The van der Waals surface area contributed by atoms with E-state index in [0.717, 1.165) is 47.0 Å². The van der Waals surface area contributed by atoms with Crippen LogP contribution in [0.25, 0.3) is 10.2 Å². The minimum Gasteiger partial charge on any atom is -0.480 e. The number of rotatable bonds is 6. The first-order chi connectivity index (χ1) is 13.9. The first-order valence-corrected chi connectivity index (χ1v) is 11.6. The van der Waals surface area contributed by atoms with Crippen molar-refractivity contribution in [3.63, 3.8) is 0 Å². The van der Waals surface area contributed by atoms with E-state index >= 15 is 0 Å². The van der Waals surface area contributed by atoms with E-state index in [-0.39, 0.29) is 5.56 Å². The van der Waals surface area contributed by atoms with E-state index in [1.54, 1.807) is 11.3 Å². The van der Waals surface area contributed by atoms with Crippen molar-refractivity contribution in [2.45, 2.75) is 56.4 Å². The number of aryl methyl sites for hydroxylation is 3. The minimum absolute atomic E-state index is 0.146. The number of nitrogens with zero attached hydrogens (tertiary/aromatic N) is 1. The summed E-state index contributed by atoms with van der Waals surface area (Å²) in [6, 6.07) is 8.12. The Labute approximate surface area is 177 Å². The van der Waals surface area contributed by atoms with Crippen molar-refractivity contribution in [3.8, 4) is 0 Å². The van der Waals surface area contributed by atoms with Gasteiger partial charge in [0.15, 0.2) is 5.16 Å². The molecule has 7 heteroatoms. The van der Waals surface area contributed by atoms with Crippen LogP contribution in [-0.4, -0.2) is 26.3 Å². The number of hydrogen-bond donors (Lipinski definition) is 2. The Morgan fingerprint density at radius 2 is 2.14 bits per heavy atom. The highest BCUT2D eigenvalue weighted by Gasteiger charge is 2.25. The van der Waals surface area contributed by atoms with Gasteiger partial charge in [0.1, 0.15) is 10.1 Å². The smallest absolute Gasteiger partial charge is 0.317 e. The summed E-state index contributed by atoms with van der Waals surface area (Å²) >= 11 is 2.72. The maximum atomic E-state index is 12.7. The monoisotopic (exact) mass is 428 g/mol. The molecule has 0 radical (unpaired) electrons. The third-order valence-corrected chi connectivity index (χ3v) is 7.78. The minimum atomic E-state index is -0.885. The van der Waals surface area contributed by atoms with E-state index in [0.29, 0.717) is 29.3 Å². The summed E-state index contributed by atoms with van der Waals surface area (Å²) < 4.78 is 0. The van der Waals surface area contributed by atoms with Crippen LogP contribution in [0, 0.1) is 12.8 Å². The lowest BCUT2D eigenvalue weighted by molar-refractivity contribution is -0.136. The topological polar surface area (TPSA) is 83.0 Å². The number of aromatic nitrogens is 2. The zero-order valence-electron chi connectivity index (χ0n) is 16.5. The molecule has 2 atom stereocenters. The fraction of sp³-hybridized carbons (Fsp3) is 0.409. The molecular formula is C22H24N2O3S2. The molecule has 2 heterocycles. The summed E-state index contributed by atoms with van der Waals surface area (Å²) in [5, 5.41) is 10.1. The highest BCUT2D eigenvalue weighted by atomic mass is 32.2. The average molecular weight is 429 g/mol. The summed E-state index contributed by atoms with van der Waals surface area (Å²) in [7, 11) is 0. The molecule has 0 spiro atoms. The first-order valence-electron chi connectivity index (χ1n) is 9.90. The van der Waals surface area contributed by atoms with Gasteiger partial charge in [-0.3, -0.25) is 9.59 Å². The van der Waals surface area contributed by atoms with E-state index in [4.69, 9.17) is 0 Å². The SMILES string of the molecule is Cc1ccc(CCC(Sc2nc3sc4c(c3c(=O)[nH]2)CCC(C)C4)C(=O)O)cc1. The van der Waals surface area contributed by atoms with E-state index < -0.39 is 11.2 Å². The van der Waals surface area contributed by atoms with E-state index in [1.807, 2.05) is 31.2 Å². The summed E-state index contributed by atoms with van der Waals surface area (Å²) in [5.74, 6) is -0.259. The van der Waals surface area contributed by atoms with Crippen molar-refractivity contribution >= 4 is 39.3 Å². The van der Waals surface area contributed by atoms with Crippen LogP contribution in [0.15, 0.2) is 34.2 Å². The molecule has 0 fully saturated rings. The molecule has 1 aliphatic rings. The van der Waals surface area contributed by atoms with Gasteiger partial charge >= 0.3 is 5.97 Å². The molecule has 5 nitrogen and oxygen atoms in total. The van der Waals surface area contributed by atoms with Crippen LogP contribution < -0.4 is 5.56 Å². The molecule has 1 aliphatic carbocycles. The van der Waals surface area contributed by atoms with Gasteiger partial charge in [-0.25, -0.2) is 4.98 Å². The Balaban J connectivity index is 1.55. The number of carboxylic acids is 1. The maximum Gasteiger partial charge on any atom is 0.317 e. The van der Waals surface area contributed by atoms with Crippen LogP contribution in [0.4, 0.5) is 0 Å². The lowest BCUT2D eigenvalue weighted by atomic mass is 9.89. The number of thiophene rings is 1. The van der Waals surface area contributed by atoms with Crippen LogP contribution >= 0.6 is 23.1 Å². The second kappa shape index (κ2) is 8.32. The van der Waals surface area contributed by atoms with Gasteiger partial charge in [-0.05, 0) is 56.1 Å². The zero-order chi connectivity index (χ0) is 20.5. The van der Waals surface area contributed by atoms with Crippen LogP contribution in [-0.2, 0) is 24.1 Å². The predicted octanol–water partition coefficient (Wildman–Crippen LogP) is 4.60. The molecule has 1 aromatic carbocycles. The molecular weight excluding hydrogens is 404 g/mol. The number of H-pyrrole nitrogens is 1. The average Bonchev–Trinajstić information content (AvgIpc) is 3.03. The van der Waals surface area contributed by atoms with Crippen molar-refractivity contribution in [2.24, 2.45) is 5.92 Å². The number of thioether (sulfide) groups is 1. The number of benzene rings is 1. The standard InChI is InChI=1S/C22H24N2O3S2/c1-12-3-6-14(7-4-12)8-10-16(21(26)27)29-22-23-19(25)18-15-9-5-13(2)11-17(15)28-20(18)24-22/h3-4,6-7,13,16H,5,8-11H2,1-2H3,(H,26,27)(H,23,24,25). The molecule has 0 saturated heterocycles. The third kappa shape index (κ3) is 4.41. The summed E-state index contributed by atoms with van der Waals surface area (Å²) in [6.45, 7) is 4.26. The van der Waals surface area contributed by atoms with Crippen molar-refractivity contribution in [1.29, 1.82) is 0 Å². The normalized spacial score (nSPS) is 17.2. The number of aromatic amines is 1. The Morgan fingerprint density at radius 3 is 2.86 bits per heavy atom. The highest BCUT2D eigenvalue weighted by Crippen LogP contribution is 2.36. The molecule has 2 N–H and O–H groups in total. The molecule has 0 amide bonds. The quantitative estimate of drug-likeness (QED) is 0.443. The number of aliphatic carboxylic acids is 1. The van der Waals surface area contributed by atoms with Crippen LogP contribution in [0.3, 0.4) is 0 Å². The molecule has 2 aromatic heterocycles. The lowest BCUT2D eigenvalue weighted by Crippen LogP contribution is -2.19. The van der Waals surface area contributed by atoms with E-state index in [1.165, 1.54) is 10.4 Å². The largest absolute Gasteiger partial charge is 0.480 e. The van der Waals surface area contributed by atoms with Gasteiger partial charge < -0.3 is 10.1 Å². The molecule has 0 aliphatic heterocycles. The Hall–Kier alpha value is -2.12. The van der Waals surface area contributed by atoms with Gasteiger partial charge in [-0.1, -0.05) is 48.5 Å². The van der Waals surface area contributed by atoms with Crippen LogP contribution in [0.2, 0.25) is 0 Å². The number of carboxylic acid groups (broad SMARTS) is 1. The number of carbonyl (C=O) groups is 1. The number of nitrogens with one attached hydrogen (secondary N) is 1. The van der Waals surface area contributed by atoms with Gasteiger partial charge in [0.2, 0.25) is 0 Å². The Morgan fingerprint density at radius 1 is 1.38 bits per heavy atom. The molecule has 0 saturated carbocycles. The van der Waals surface area contributed by atoms with Gasteiger partial charge in [0.05, 0.1) is 5.39 Å². The third-order valence-electron chi connectivity index (χ3n) is 5.49. The molecule has 2 unspecified atom stereocenters. The van der Waals surface area contributed by atoms with Gasteiger partial charge in [0.25, 0.3) is 5.56 Å². The van der Waals surface area contributed by atoms with Gasteiger partial charge in [0, 0.05) is 4.88 Å². The second-order valence-electron chi connectivity index (χ2n) is 7.87. The molecule has 4 rings (SSSR count). The maximum absolute atomic E-state index is 12.7. The van der Waals surface area contributed by atoms with Crippen molar-refractivity contribution in [3.05, 3.63) is 56.2 Å². The zero-order valence-corrected chi connectivity index (χ0v) is 18.2. The van der Waals surface area contributed by atoms with Crippen molar-refractivity contribution in [1.82, 2.24) is 9.97 Å².